The lowest BCUT2D eigenvalue weighted by Crippen LogP contribution is -2.59. The zero-order chi connectivity index (χ0) is 55.5. The first kappa shape index (κ1) is 59.5. The van der Waals surface area contributed by atoms with E-state index >= 15 is 0 Å². The summed E-state index contributed by atoms with van der Waals surface area (Å²) in [6, 6.07) is 17.5. The molecule has 8 amide bonds. The van der Waals surface area contributed by atoms with E-state index < -0.39 is 101 Å². The average Bonchev–Trinajstić information content (AvgIpc) is 4.01. The molecule has 2 heterocycles. The van der Waals surface area contributed by atoms with Crippen LogP contribution in [0.3, 0.4) is 0 Å². The minimum absolute atomic E-state index is 0.0342. The standard InChI is InChI=1S/C56H79ClN10O8/c1-13-41(35-22-17-15-18-23-35)61-51(72)43-29-39(31-66(43)53(74)45(55(5,6)7)63-47(68)33(3)58-11)59-49(70)37-26-21-27-38(28-37)50(71)60-40-30-44(52(73)62-42(14-2)36-24-19-16-20-25-36)67(32-40)54(75)46(56(8,9)10)64-48(69)34(4)65(12)57/h15-28,33-34,39-46,58H,13-14,29-32H2,1-12H3,(H,59,70)(H,60,71)(H,61,72)(H,62,73)(H,63,68)(H,64,69)/t33-,34-,39-,40-,41+,42+,43-,44-,45+,46+/m0/s1. The van der Waals surface area contributed by atoms with Gasteiger partial charge in [0.15, 0.2) is 0 Å². The van der Waals surface area contributed by atoms with E-state index in [1.807, 2.05) is 116 Å². The Kier molecular flexibility index (Phi) is 20.6. The van der Waals surface area contributed by atoms with E-state index in [-0.39, 0.29) is 55.0 Å². The Bertz CT molecular complexity index is 2500. The third-order valence-corrected chi connectivity index (χ3v) is 14.5. The van der Waals surface area contributed by atoms with Crippen molar-refractivity contribution in [3.63, 3.8) is 0 Å². The topological polar surface area (TPSA) is 230 Å². The minimum Gasteiger partial charge on any atom is -0.348 e. The smallest absolute Gasteiger partial charge is 0.251 e. The van der Waals surface area contributed by atoms with Crippen molar-refractivity contribution in [2.24, 2.45) is 10.8 Å². The molecule has 0 aromatic heterocycles. The number of hydrogen-bond acceptors (Lipinski definition) is 10. The first-order valence-corrected chi connectivity index (χ1v) is 26.3. The summed E-state index contributed by atoms with van der Waals surface area (Å²) in [5.74, 6) is -3.76. The van der Waals surface area contributed by atoms with Crippen LogP contribution in [0.1, 0.15) is 139 Å². The van der Waals surface area contributed by atoms with Crippen LogP contribution in [0.2, 0.25) is 0 Å². The Hall–Kier alpha value is -6.37. The number of likely N-dealkylation sites (N-methyl/N-ethyl adjacent to an activating group) is 2. The van der Waals surface area contributed by atoms with Gasteiger partial charge >= 0.3 is 0 Å². The molecule has 0 aliphatic carbocycles. The minimum atomic E-state index is -1.06. The van der Waals surface area contributed by atoms with Crippen LogP contribution in [-0.2, 0) is 28.8 Å². The maximum Gasteiger partial charge on any atom is 0.251 e. The fourth-order valence-corrected chi connectivity index (χ4v) is 9.49. The molecule has 2 fully saturated rings. The van der Waals surface area contributed by atoms with Gasteiger partial charge in [0.25, 0.3) is 11.8 Å². The molecule has 408 valence electrons. The van der Waals surface area contributed by atoms with Crippen LogP contribution in [-0.4, -0.2) is 137 Å². The number of hydrogen-bond donors (Lipinski definition) is 7. The number of nitrogens with one attached hydrogen (secondary N) is 7. The summed E-state index contributed by atoms with van der Waals surface area (Å²) in [6.07, 6.45) is 1.28. The molecule has 3 aromatic rings. The fraction of sp³-hybridized carbons (Fsp3) is 0.536. The Balaban J connectivity index is 1.37. The number of halogens is 1. The van der Waals surface area contributed by atoms with E-state index in [0.717, 1.165) is 11.1 Å². The van der Waals surface area contributed by atoms with Crippen LogP contribution >= 0.6 is 11.8 Å². The highest BCUT2D eigenvalue weighted by molar-refractivity contribution is 6.14. The molecular formula is C56H79ClN10O8. The molecule has 75 heavy (non-hydrogen) atoms. The van der Waals surface area contributed by atoms with E-state index in [9.17, 15) is 38.4 Å². The van der Waals surface area contributed by atoms with Crippen LogP contribution in [0.4, 0.5) is 0 Å². The lowest BCUT2D eigenvalue weighted by molar-refractivity contribution is -0.144. The predicted octanol–water partition coefficient (Wildman–Crippen LogP) is 4.76. The van der Waals surface area contributed by atoms with Gasteiger partial charge in [0, 0.05) is 43.3 Å². The first-order chi connectivity index (χ1) is 35.3. The second-order valence-electron chi connectivity index (χ2n) is 22.0. The molecule has 5 rings (SSSR count). The monoisotopic (exact) mass is 1050 g/mol. The fourth-order valence-electron chi connectivity index (χ4n) is 9.40. The first-order valence-electron chi connectivity index (χ1n) is 26.0. The molecule has 10 atom stereocenters. The van der Waals surface area contributed by atoms with Gasteiger partial charge in [0.2, 0.25) is 35.4 Å². The zero-order valence-electron chi connectivity index (χ0n) is 45.6. The quantitative estimate of drug-likeness (QED) is 0.0768. The Morgan fingerprint density at radius 1 is 0.600 bits per heavy atom. The third kappa shape index (κ3) is 15.4. The highest BCUT2D eigenvalue weighted by Gasteiger charge is 2.48. The maximum absolute atomic E-state index is 14.7. The summed E-state index contributed by atoms with van der Waals surface area (Å²) in [4.78, 5) is 116. The molecule has 2 aliphatic heterocycles. The third-order valence-electron chi connectivity index (χ3n) is 14.2. The summed E-state index contributed by atoms with van der Waals surface area (Å²) >= 11 is 6.12. The van der Waals surface area contributed by atoms with Crippen LogP contribution < -0.4 is 37.2 Å². The van der Waals surface area contributed by atoms with Crippen molar-refractivity contribution in [3.05, 3.63) is 107 Å². The summed E-state index contributed by atoms with van der Waals surface area (Å²) in [5, 5.41) is 20.9. The van der Waals surface area contributed by atoms with Gasteiger partial charge in [0.05, 0.1) is 18.1 Å². The van der Waals surface area contributed by atoms with Crippen LogP contribution in [0.15, 0.2) is 84.9 Å². The summed E-state index contributed by atoms with van der Waals surface area (Å²) in [6.45, 7) is 18.0. The molecule has 7 N–H and O–H groups in total. The number of benzene rings is 3. The second kappa shape index (κ2) is 25.9. The number of amides is 8. The van der Waals surface area contributed by atoms with Crippen molar-refractivity contribution < 1.29 is 38.4 Å². The molecule has 18 nitrogen and oxygen atoms in total. The average molecular weight is 1060 g/mol. The van der Waals surface area contributed by atoms with Gasteiger partial charge < -0.3 is 47.0 Å². The molecule has 0 radical (unpaired) electrons. The number of carbonyl (C=O) groups excluding carboxylic acids is 8. The van der Waals surface area contributed by atoms with Crippen molar-refractivity contribution in [2.45, 2.75) is 155 Å². The van der Waals surface area contributed by atoms with Crippen molar-refractivity contribution >= 4 is 59.0 Å². The van der Waals surface area contributed by atoms with Gasteiger partial charge in [-0.2, -0.15) is 0 Å². The lowest BCUT2D eigenvalue weighted by Gasteiger charge is -2.36. The zero-order valence-corrected chi connectivity index (χ0v) is 46.3. The Morgan fingerprint density at radius 3 is 1.33 bits per heavy atom. The molecular weight excluding hydrogens is 976 g/mol. The molecule has 2 aliphatic rings. The Labute approximate surface area is 447 Å². The highest BCUT2D eigenvalue weighted by Crippen LogP contribution is 2.30. The van der Waals surface area contributed by atoms with E-state index in [0.29, 0.717) is 12.8 Å². The van der Waals surface area contributed by atoms with Gasteiger partial charge in [-0.15, -0.1) is 0 Å². The molecule has 19 heteroatoms. The van der Waals surface area contributed by atoms with E-state index in [2.05, 4.69) is 37.2 Å². The normalized spacial score (nSPS) is 20.2. The molecule has 2 saturated heterocycles. The van der Waals surface area contributed by atoms with Crippen molar-refractivity contribution in [2.75, 3.05) is 27.2 Å². The van der Waals surface area contributed by atoms with Crippen LogP contribution in [0.25, 0.3) is 0 Å². The summed E-state index contributed by atoms with van der Waals surface area (Å²) < 4.78 is 1.21. The van der Waals surface area contributed by atoms with Gasteiger partial charge in [-0.3, -0.25) is 38.4 Å². The van der Waals surface area contributed by atoms with Gasteiger partial charge in [0.1, 0.15) is 30.2 Å². The van der Waals surface area contributed by atoms with Gasteiger partial charge in [-0.05, 0) is 98.5 Å². The number of nitrogens with zero attached hydrogens (tertiary/aromatic N) is 3. The van der Waals surface area contributed by atoms with E-state index in [4.69, 9.17) is 11.8 Å². The van der Waals surface area contributed by atoms with Crippen molar-refractivity contribution in [1.29, 1.82) is 0 Å². The largest absolute Gasteiger partial charge is 0.348 e. The molecule has 0 unspecified atom stereocenters. The van der Waals surface area contributed by atoms with Gasteiger partial charge in [-0.25, -0.2) is 4.42 Å². The SMILES string of the molecule is CC[C@@H](NC(=O)[C@@H]1C[C@H](NC(=O)c2cccc(C(=O)N[C@H]3C[C@@H](C(=O)N[C@H](CC)c4ccccc4)N(C(=O)[C@@H](NC(=O)[C@H](C)N(C)Cl)C(C)(C)C)C3)c2)CN1C(=O)[C@@H](NC(=O)[C@H](C)NC)C(C)(C)C)c1ccccc1. The van der Waals surface area contributed by atoms with Crippen molar-refractivity contribution in [3.8, 4) is 0 Å². The number of carbonyl (C=O) groups is 8. The van der Waals surface area contributed by atoms with E-state index in [1.54, 1.807) is 39.1 Å². The summed E-state index contributed by atoms with van der Waals surface area (Å²) in [7, 11) is 3.18. The predicted molar refractivity (Wildman–Crippen MR) is 289 cm³/mol. The molecule has 0 bridgehead atoms. The number of rotatable bonds is 20. The maximum atomic E-state index is 14.7. The molecule has 0 saturated carbocycles. The van der Waals surface area contributed by atoms with Crippen LogP contribution in [0, 0.1) is 10.8 Å². The highest BCUT2D eigenvalue weighted by atomic mass is 35.5. The van der Waals surface area contributed by atoms with Gasteiger partial charge in [-0.1, -0.05) is 122 Å². The second-order valence-corrected chi connectivity index (χ2v) is 22.5. The Morgan fingerprint density at radius 2 is 0.987 bits per heavy atom. The summed E-state index contributed by atoms with van der Waals surface area (Å²) in [5.41, 5.74) is 0.500. The molecule has 0 spiro atoms. The lowest BCUT2D eigenvalue weighted by atomic mass is 9.85. The number of likely N-dealkylation sites (tertiary alicyclic amines) is 2. The van der Waals surface area contributed by atoms with Crippen LogP contribution in [0.5, 0.6) is 0 Å². The van der Waals surface area contributed by atoms with Crippen molar-refractivity contribution in [1.82, 2.24) is 51.4 Å². The molecule has 3 aromatic carbocycles. The van der Waals surface area contributed by atoms with E-state index in [1.165, 1.54) is 27.3 Å².